The molecular formula is C20H24Cl2N2O3S. The molecule has 152 valence electrons. The molecule has 0 radical (unpaired) electrons. The van der Waals surface area contributed by atoms with E-state index in [1.54, 1.807) is 0 Å². The highest BCUT2D eigenvalue weighted by molar-refractivity contribution is 7.92. The standard InChI is InChI=1S/C20H24Cl2N2O3S/c1-5-19(16-8-6-13(2)10-14(16)3)23-20(25)12-24(28(4,26)27)15-7-9-17(21)18(22)11-15/h6-11,19H,5,12H2,1-4H3,(H,23,25)/t19-/m1/s1. The summed E-state index contributed by atoms with van der Waals surface area (Å²) >= 11 is 11.9. The van der Waals surface area contributed by atoms with Crippen molar-refractivity contribution in [3.8, 4) is 0 Å². The molecule has 1 amide bonds. The maximum absolute atomic E-state index is 12.7. The zero-order chi connectivity index (χ0) is 21.1. The fourth-order valence-corrected chi connectivity index (χ4v) is 4.17. The van der Waals surface area contributed by atoms with E-state index in [4.69, 9.17) is 23.2 Å². The van der Waals surface area contributed by atoms with Gasteiger partial charge in [-0.25, -0.2) is 8.42 Å². The molecule has 2 aromatic rings. The van der Waals surface area contributed by atoms with Crippen LogP contribution in [0.3, 0.4) is 0 Å². The first-order chi connectivity index (χ1) is 13.0. The average molecular weight is 443 g/mol. The number of hydrogen-bond donors (Lipinski definition) is 1. The summed E-state index contributed by atoms with van der Waals surface area (Å²) < 4.78 is 25.5. The number of benzene rings is 2. The number of amides is 1. The highest BCUT2D eigenvalue weighted by atomic mass is 35.5. The molecule has 0 aliphatic rings. The Bertz CT molecular complexity index is 977. The minimum atomic E-state index is -3.69. The van der Waals surface area contributed by atoms with E-state index in [0.717, 1.165) is 27.3 Å². The Morgan fingerprint density at radius 3 is 2.32 bits per heavy atom. The molecule has 0 fully saturated rings. The van der Waals surface area contributed by atoms with Gasteiger partial charge >= 0.3 is 0 Å². The third-order valence-electron chi connectivity index (χ3n) is 4.42. The summed E-state index contributed by atoms with van der Waals surface area (Å²) in [5.74, 6) is -0.400. The van der Waals surface area contributed by atoms with Crippen molar-refractivity contribution in [2.45, 2.75) is 33.2 Å². The largest absolute Gasteiger partial charge is 0.348 e. The van der Waals surface area contributed by atoms with Crippen LogP contribution in [0.1, 0.15) is 36.1 Å². The van der Waals surface area contributed by atoms with E-state index in [1.165, 1.54) is 18.2 Å². The lowest BCUT2D eigenvalue weighted by molar-refractivity contribution is -0.120. The summed E-state index contributed by atoms with van der Waals surface area (Å²) in [5, 5.41) is 3.46. The Morgan fingerprint density at radius 2 is 1.79 bits per heavy atom. The first-order valence-electron chi connectivity index (χ1n) is 8.82. The fraction of sp³-hybridized carbons (Fsp3) is 0.350. The third kappa shape index (κ3) is 5.63. The summed E-state index contributed by atoms with van der Waals surface area (Å²) in [5.41, 5.74) is 3.52. The minimum absolute atomic E-state index is 0.205. The smallest absolute Gasteiger partial charge is 0.241 e. The molecule has 5 nitrogen and oxygen atoms in total. The van der Waals surface area contributed by atoms with E-state index in [1.807, 2.05) is 32.9 Å². The number of rotatable bonds is 7. The van der Waals surface area contributed by atoms with Gasteiger partial charge in [-0.05, 0) is 49.6 Å². The summed E-state index contributed by atoms with van der Waals surface area (Å²) in [6.45, 7) is 5.63. The Kier molecular flexibility index (Phi) is 7.37. The molecule has 0 aliphatic carbocycles. The van der Waals surface area contributed by atoms with Gasteiger partial charge in [0.15, 0.2) is 0 Å². The number of anilines is 1. The normalized spacial score (nSPS) is 12.5. The minimum Gasteiger partial charge on any atom is -0.348 e. The highest BCUT2D eigenvalue weighted by Gasteiger charge is 2.23. The molecule has 28 heavy (non-hydrogen) atoms. The van der Waals surface area contributed by atoms with Crippen molar-refractivity contribution < 1.29 is 13.2 Å². The molecule has 0 heterocycles. The zero-order valence-corrected chi connectivity index (χ0v) is 18.6. The van der Waals surface area contributed by atoms with Crippen molar-refractivity contribution in [2.75, 3.05) is 17.1 Å². The zero-order valence-electron chi connectivity index (χ0n) is 16.3. The Hall–Kier alpha value is -1.76. The number of hydrogen-bond acceptors (Lipinski definition) is 3. The molecule has 0 saturated heterocycles. The van der Waals surface area contributed by atoms with Gasteiger partial charge in [0, 0.05) is 0 Å². The predicted molar refractivity (Wildman–Crippen MR) is 116 cm³/mol. The van der Waals surface area contributed by atoms with Crippen LogP contribution in [0.4, 0.5) is 5.69 Å². The monoisotopic (exact) mass is 442 g/mol. The maximum Gasteiger partial charge on any atom is 0.241 e. The van der Waals surface area contributed by atoms with Crippen LogP contribution < -0.4 is 9.62 Å². The van der Waals surface area contributed by atoms with Crippen LogP contribution in [-0.4, -0.2) is 27.1 Å². The van der Waals surface area contributed by atoms with Gasteiger partial charge in [-0.15, -0.1) is 0 Å². The third-order valence-corrected chi connectivity index (χ3v) is 6.30. The lowest BCUT2D eigenvalue weighted by atomic mass is 9.97. The molecule has 0 aliphatic heterocycles. The van der Waals surface area contributed by atoms with E-state index in [9.17, 15) is 13.2 Å². The number of nitrogens with one attached hydrogen (secondary N) is 1. The lowest BCUT2D eigenvalue weighted by Crippen LogP contribution is -2.41. The first kappa shape index (κ1) is 22.5. The number of nitrogens with zero attached hydrogens (tertiary/aromatic N) is 1. The summed E-state index contributed by atoms with van der Waals surface area (Å²) in [6, 6.07) is 10.3. The van der Waals surface area contributed by atoms with Gasteiger partial charge < -0.3 is 5.32 Å². The topological polar surface area (TPSA) is 66.5 Å². The summed E-state index contributed by atoms with van der Waals surface area (Å²) in [7, 11) is -3.69. The number of sulfonamides is 1. The van der Waals surface area contributed by atoms with Gasteiger partial charge in [-0.2, -0.15) is 0 Å². The van der Waals surface area contributed by atoms with Gasteiger partial charge in [0.2, 0.25) is 15.9 Å². The molecule has 0 saturated carbocycles. The maximum atomic E-state index is 12.7. The molecule has 1 N–H and O–H groups in total. The van der Waals surface area contributed by atoms with Crippen molar-refractivity contribution >= 4 is 44.8 Å². The average Bonchev–Trinajstić information content (AvgIpc) is 2.59. The predicted octanol–water partition coefficient (Wildman–Crippen LogP) is 4.64. The van der Waals surface area contributed by atoms with Crippen LogP contribution in [0.15, 0.2) is 36.4 Å². The van der Waals surface area contributed by atoms with Crippen molar-refractivity contribution in [3.63, 3.8) is 0 Å². The van der Waals surface area contributed by atoms with E-state index >= 15 is 0 Å². The second-order valence-electron chi connectivity index (χ2n) is 6.76. The number of aryl methyl sites for hydroxylation is 2. The number of carbonyl (C=O) groups is 1. The van der Waals surface area contributed by atoms with Gasteiger partial charge in [-0.3, -0.25) is 9.10 Å². The van der Waals surface area contributed by atoms with Crippen molar-refractivity contribution in [3.05, 3.63) is 63.1 Å². The van der Waals surface area contributed by atoms with E-state index in [0.29, 0.717) is 11.4 Å². The summed E-state index contributed by atoms with van der Waals surface area (Å²) in [6.07, 6.45) is 1.73. The van der Waals surface area contributed by atoms with Gasteiger partial charge in [0.05, 0.1) is 28.0 Å². The van der Waals surface area contributed by atoms with Crippen molar-refractivity contribution in [1.82, 2.24) is 5.32 Å². The highest BCUT2D eigenvalue weighted by Crippen LogP contribution is 2.28. The van der Waals surface area contributed by atoms with Crippen LogP contribution in [0.25, 0.3) is 0 Å². The molecule has 8 heteroatoms. The first-order valence-corrected chi connectivity index (χ1v) is 11.4. The van der Waals surface area contributed by atoms with Crippen molar-refractivity contribution in [2.24, 2.45) is 0 Å². The second kappa shape index (κ2) is 9.16. The van der Waals surface area contributed by atoms with Gasteiger partial charge in [0.25, 0.3) is 0 Å². The van der Waals surface area contributed by atoms with Gasteiger partial charge in [-0.1, -0.05) is 53.9 Å². The van der Waals surface area contributed by atoms with Crippen LogP contribution >= 0.6 is 23.2 Å². The van der Waals surface area contributed by atoms with E-state index in [-0.39, 0.29) is 23.3 Å². The molecule has 0 spiro atoms. The Balaban J connectivity index is 2.24. The van der Waals surface area contributed by atoms with E-state index < -0.39 is 15.9 Å². The Labute approximate surface area is 176 Å². The van der Waals surface area contributed by atoms with Crippen molar-refractivity contribution in [1.29, 1.82) is 0 Å². The lowest BCUT2D eigenvalue weighted by Gasteiger charge is -2.25. The molecule has 0 bridgehead atoms. The number of carbonyl (C=O) groups excluding carboxylic acids is 1. The van der Waals surface area contributed by atoms with Crippen LogP contribution in [-0.2, 0) is 14.8 Å². The summed E-state index contributed by atoms with van der Waals surface area (Å²) in [4.78, 5) is 12.7. The Morgan fingerprint density at radius 1 is 1.11 bits per heavy atom. The van der Waals surface area contributed by atoms with Crippen LogP contribution in [0.5, 0.6) is 0 Å². The molecule has 2 aromatic carbocycles. The molecule has 1 atom stereocenters. The SMILES string of the molecule is CC[C@@H](NC(=O)CN(c1ccc(Cl)c(Cl)c1)S(C)(=O)=O)c1ccc(C)cc1C. The number of halogens is 2. The van der Waals surface area contributed by atoms with Crippen LogP contribution in [0, 0.1) is 13.8 Å². The fourth-order valence-electron chi connectivity index (χ4n) is 3.03. The molecule has 0 unspecified atom stereocenters. The second-order valence-corrected chi connectivity index (χ2v) is 9.48. The molecule has 0 aromatic heterocycles. The molecule has 2 rings (SSSR count). The van der Waals surface area contributed by atoms with Crippen LogP contribution in [0.2, 0.25) is 10.0 Å². The quantitative estimate of drug-likeness (QED) is 0.678. The van der Waals surface area contributed by atoms with Gasteiger partial charge in [0.1, 0.15) is 6.54 Å². The van der Waals surface area contributed by atoms with E-state index in [2.05, 4.69) is 11.4 Å². The molecular weight excluding hydrogens is 419 g/mol.